The second-order valence-electron chi connectivity index (χ2n) is 9.52. The Bertz CT molecular complexity index is 1560. The number of carboxylic acid groups (broad SMARTS) is 2. The molecule has 0 spiro atoms. The first kappa shape index (κ1) is 28.4. The van der Waals surface area contributed by atoms with Gasteiger partial charge in [0.15, 0.2) is 0 Å². The lowest BCUT2D eigenvalue weighted by atomic mass is 9.97. The van der Waals surface area contributed by atoms with Gasteiger partial charge in [0.1, 0.15) is 5.76 Å². The summed E-state index contributed by atoms with van der Waals surface area (Å²) in [6.07, 6.45) is 1.11. The number of hydrogen-bond donors (Lipinski definition) is 4. The Morgan fingerprint density at radius 1 is 0.875 bits per heavy atom. The molecule has 0 saturated heterocycles. The van der Waals surface area contributed by atoms with Crippen molar-refractivity contribution >= 4 is 22.8 Å². The molecule has 5 rings (SSSR count). The molecular formula is C32H32N2O6. The van der Waals surface area contributed by atoms with Crippen molar-refractivity contribution in [1.29, 1.82) is 0 Å². The first-order chi connectivity index (χ1) is 19.3. The molecule has 0 saturated carbocycles. The van der Waals surface area contributed by atoms with Crippen molar-refractivity contribution in [1.82, 2.24) is 9.88 Å². The molecule has 1 atom stereocenters. The summed E-state index contributed by atoms with van der Waals surface area (Å²) in [6, 6.07) is 29.4. The van der Waals surface area contributed by atoms with Gasteiger partial charge in [0, 0.05) is 17.5 Å². The molecule has 206 valence electrons. The highest BCUT2D eigenvalue weighted by Crippen LogP contribution is 2.42. The van der Waals surface area contributed by atoms with Gasteiger partial charge in [-0.05, 0) is 48.7 Å². The first-order valence-electron chi connectivity index (χ1n) is 12.9. The third-order valence-electron chi connectivity index (χ3n) is 6.44. The molecule has 0 aliphatic heterocycles. The van der Waals surface area contributed by atoms with Crippen LogP contribution in [0, 0.1) is 13.8 Å². The van der Waals surface area contributed by atoms with Crippen molar-refractivity contribution in [3.63, 3.8) is 0 Å². The van der Waals surface area contributed by atoms with Crippen molar-refractivity contribution in [3.8, 4) is 22.4 Å². The molecule has 0 aliphatic carbocycles. The number of aliphatic carboxylic acids is 2. The fourth-order valence-corrected chi connectivity index (χ4v) is 4.91. The molecule has 40 heavy (non-hydrogen) atoms. The minimum atomic E-state index is -1.82. The SMILES string of the molecule is Cc1cc(C)c2c(c1)c(-c1ccccc1)c(-c1ccccc1)n2CC(O)CNCc1ccco1.O=C(O)C(=O)O. The Balaban J connectivity index is 0.000000557. The molecular weight excluding hydrogens is 508 g/mol. The monoisotopic (exact) mass is 540 g/mol. The quantitative estimate of drug-likeness (QED) is 0.192. The highest BCUT2D eigenvalue weighted by atomic mass is 16.4. The van der Waals surface area contributed by atoms with Gasteiger partial charge >= 0.3 is 11.9 Å². The number of aliphatic hydroxyl groups is 1. The molecule has 2 heterocycles. The molecule has 3 aromatic carbocycles. The molecule has 0 aliphatic rings. The number of benzene rings is 3. The van der Waals surface area contributed by atoms with E-state index in [9.17, 15) is 5.11 Å². The third-order valence-corrected chi connectivity index (χ3v) is 6.44. The second-order valence-corrected chi connectivity index (χ2v) is 9.52. The van der Waals surface area contributed by atoms with Crippen molar-refractivity contribution < 1.29 is 29.3 Å². The standard InChI is InChI=1S/C30H30N2O2.C2H2O4/c1-21-16-22(2)29-27(17-21)28(23-10-5-3-6-11-23)30(24-12-7-4-8-13-24)32(29)20-25(33)18-31-19-26-14-9-15-34-26;3-1(4)2(5)6/h3-17,25,31,33H,18-20H2,1-2H3;(H,3,4)(H,5,6). The van der Waals surface area contributed by atoms with Gasteiger partial charge < -0.3 is 29.6 Å². The summed E-state index contributed by atoms with van der Waals surface area (Å²) in [6.45, 7) is 5.86. The summed E-state index contributed by atoms with van der Waals surface area (Å²) < 4.78 is 7.70. The molecule has 5 aromatic rings. The molecule has 0 amide bonds. The van der Waals surface area contributed by atoms with Gasteiger partial charge in [-0.25, -0.2) is 9.59 Å². The van der Waals surface area contributed by atoms with Gasteiger partial charge in [0.05, 0.1) is 36.7 Å². The number of nitrogens with one attached hydrogen (secondary N) is 1. The molecule has 2 aromatic heterocycles. The van der Waals surface area contributed by atoms with Crippen molar-refractivity contribution in [3.05, 3.63) is 108 Å². The van der Waals surface area contributed by atoms with Crippen LogP contribution in [0.5, 0.6) is 0 Å². The number of hydrogen-bond acceptors (Lipinski definition) is 5. The van der Waals surface area contributed by atoms with Gasteiger partial charge in [0.2, 0.25) is 0 Å². The molecule has 0 radical (unpaired) electrons. The number of fused-ring (bicyclic) bond motifs is 1. The van der Waals surface area contributed by atoms with Crippen LogP contribution in [-0.4, -0.2) is 44.5 Å². The lowest BCUT2D eigenvalue weighted by Gasteiger charge is -2.18. The largest absolute Gasteiger partial charge is 0.473 e. The van der Waals surface area contributed by atoms with Crippen molar-refractivity contribution in [2.45, 2.75) is 33.0 Å². The van der Waals surface area contributed by atoms with Crippen LogP contribution in [0.4, 0.5) is 0 Å². The Kier molecular flexibility index (Phi) is 9.16. The van der Waals surface area contributed by atoms with Gasteiger partial charge in [0.25, 0.3) is 0 Å². The fourth-order valence-electron chi connectivity index (χ4n) is 4.91. The molecule has 0 fully saturated rings. The summed E-state index contributed by atoms with van der Waals surface area (Å²) in [5.74, 6) is -2.79. The molecule has 1 unspecified atom stereocenters. The van der Waals surface area contributed by atoms with E-state index in [2.05, 4.69) is 90.5 Å². The van der Waals surface area contributed by atoms with Crippen LogP contribution in [0.1, 0.15) is 16.9 Å². The summed E-state index contributed by atoms with van der Waals surface area (Å²) in [5, 5.41) is 30.4. The minimum Gasteiger partial charge on any atom is -0.473 e. The zero-order valence-corrected chi connectivity index (χ0v) is 22.4. The van der Waals surface area contributed by atoms with Crippen molar-refractivity contribution in [2.24, 2.45) is 0 Å². The molecule has 4 N–H and O–H groups in total. The highest BCUT2D eigenvalue weighted by molar-refractivity contribution is 6.27. The van der Waals surface area contributed by atoms with E-state index in [1.807, 2.05) is 18.2 Å². The number of furan rings is 1. The third kappa shape index (κ3) is 6.66. The zero-order valence-electron chi connectivity index (χ0n) is 22.4. The van der Waals surface area contributed by atoms with Crippen LogP contribution in [0.2, 0.25) is 0 Å². The molecule has 0 bridgehead atoms. The number of rotatable bonds is 8. The Hall–Kier alpha value is -4.66. The number of aryl methyl sites for hydroxylation is 2. The van der Waals surface area contributed by atoms with Crippen LogP contribution in [0.15, 0.2) is 95.6 Å². The second kappa shape index (κ2) is 12.9. The predicted molar refractivity (Wildman–Crippen MR) is 154 cm³/mol. The number of nitrogens with zero attached hydrogens (tertiary/aromatic N) is 1. The lowest BCUT2D eigenvalue weighted by molar-refractivity contribution is -0.159. The maximum atomic E-state index is 11.1. The normalized spacial score (nSPS) is 11.6. The maximum Gasteiger partial charge on any atom is 0.414 e. The van der Waals surface area contributed by atoms with Gasteiger partial charge in [-0.2, -0.15) is 0 Å². The summed E-state index contributed by atoms with van der Waals surface area (Å²) in [4.78, 5) is 18.2. The van der Waals surface area contributed by atoms with Gasteiger partial charge in [-0.3, -0.25) is 0 Å². The van der Waals surface area contributed by atoms with Gasteiger partial charge in [-0.1, -0.05) is 72.3 Å². The van der Waals surface area contributed by atoms with E-state index < -0.39 is 18.0 Å². The summed E-state index contributed by atoms with van der Waals surface area (Å²) >= 11 is 0. The zero-order chi connectivity index (χ0) is 28.6. The number of carbonyl (C=O) groups is 2. The highest BCUT2D eigenvalue weighted by Gasteiger charge is 2.23. The Morgan fingerprint density at radius 3 is 2.08 bits per heavy atom. The molecule has 8 heteroatoms. The topological polar surface area (TPSA) is 125 Å². The number of aromatic nitrogens is 1. The fraction of sp³-hybridized carbons (Fsp3) is 0.188. The summed E-state index contributed by atoms with van der Waals surface area (Å²) in [7, 11) is 0. The van der Waals surface area contributed by atoms with E-state index in [0.717, 1.165) is 17.0 Å². The number of carboxylic acids is 2. The average molecular weight is 541 g/mol. The van der Waals surface area contributed by atoms with E-state index in [1.165, 1.54) is 33.2 Å². The van der Waals surface area contributed by atoms with E-state index >= 15 is 0 Å². The first-order valence-corrected chi connectivity index (χ1v) is 12.9. The predicted octanol–water partition coefficient (Wildman–Crippen LogP) is 5.49. The Morgan fingerprint density at radius 2 is 1.50 bits per heavy atom. The Labute approximate surface area is 232 Å². The maximum absolute atomic E-state index is 11.1. The van der Waals surface area contributed by atoms with E-state index in [1.54, 1.807) is 6.26 Å². The lowest BCUT2D eigenvalue weighted by Crippen LogP contribution is -2.30. The number of aliphatic hydroxyl groups excluding tert-OH is 1. The van der Waals surface area contributed by atoms with Crippen LogP contribution < -0.4 is 5.32 Å². The summed E-state index contributed by atoms with van der Waals surface area (Å²) in [5.41, 5.74) is 8.30. The van der Waals surface area contributed by atoms with Crippen LogP contribution in [0.3, 0.4) is 0 Å². The van der Waals surface area contributed by atoms with E-state index in [0.29, 0.717) is 19.6 Å². The van der Waals surface area contributed by atoms with Crippen molar-refractivity contribution in [2.75, 3.05) is 6.54 Å². The van der Waals surface area contributed by atoms with Crippen LogP contribution >= 0.6 is 0 Å². The van der Waals surface area contributed by atoms with E-state index in [4.69, 9.17) is 24.2 Å². The van der Waals surface area contributed by atoms with Crippen LogP contribution in [0.25, 0.3) is 33.3 Å². The van der Waals surface area contributed by atoms with E-state index in [-0.39, 0.29) is 0 Å². The smallest absolute Gasteiger partial charge is 0.414 e. The van der Waals surface area contributed by atoms with Crippen LogP contribution in [-0.2, 0) is 22.7 Å². The van der Waals surface area contributed by atoms with Gasteiger partial charge in [-0.15, -0.1) is 0 Å². The average Bonchev–Trinajstić information content (AvgIpc) is 3.56. The minimum absolute atomic E-state index is 0.472. The molecule has 8 nitrogen and oxygen atoms in total.